The molecule has 2 aromatic rings. The summed E-state index contributed by atoms with van der Waals surface area (Å²) >= 11 is 0. The van der Waals surface area contributed by atoms with E-state index in [9.17, 15) is 8.78 Å². The van der Waals surface area contributed by atoms with Crippen LogP contribution in [-0.4, -0.2) is 9.38 Å². The average Bonchev–Trinajstić information content (AvgIpc) is 2.59. The van der Waals surface area contributed by atoms with Gasteiger partial charge in [-0.1, -0.05) is 13.8 Å². The molecule has 0 aromatic carbocycles. The highest BCUT2D eigenvalue weighted by Crippen LogP contribution is 2.20. The zero-order valence-electron chi connectivity index (χ0n) is 8.61. The van der Waals surface area contributed by atoms with Crippen molar-refractivity contribution in [3.8, 4) is 0 Å². The Labute approximate surface area is 86.6 Å². The quantitative estimate of drug-likeness (QED) is 0.742. The van der Waals surface area contributed by atoms with Crippen molar-refractivity contribution >= 4 is 5.65 Å². The van der Waals surface area contributed by atoms with Crippen LogP contribution in [0.15, 0.2) is 24.5 Å². The molecule has 2 heterocycles. The largest absolute Gasteiger partial charge is 0.306 e. The number of rotatable bonds is 2. The van der Waals surface area contributed by atoms with Gasteiger partial charge in [-0.05, 0) is 18.1 Å². The highest BCUT2D eigenvalue weighted by Gasteiger charge is 2.10. The van der Waals surface area contributed by atoms with Gasteiger partial charge in [0.1, 0.15) is 5.65 Å². The topological polar surface area (TPSA) is 17.3 Å². The van der Waals surface area contributed by atoms with Crippen LogP contribution < -0.4 is 0 Å². The fourth-order valence-electron chi connectivity index (χ4n) is 1.44. The molecule has 0 bridgehead atoms. The molecular weight excluding hydrogens is 198 g/mol. The van der Waals surface area contributed by atoms with Crippen LogP contribution >= 0.6 is 0 Å². The van der Waals surface area contributed by atoms with Gasteiger partial charge in [0.2, 0.25) is 0 Å². The predicted molar refractivity (Wildman–Crippen MR) is 54.2 cm³/mol. The van der Waals surface area contributed by atoms with Gasteiger partial charge in [-0.3, -0.25) is 0 Å². The lowest BCUT2D eigenvalue weighted by Gasteiger charge is -1.99. The van der Waals surface area contributed by atoms with Crippen molar-refractivity contribution in [3.63, 3.8) is 0 Å². The number of nitrogens with zero attached hydrogens (tertiary/aromatic N) is 2. The summed E-state index contributed by atoms with van der Waals surface area (Å²) in [6.07, 6.45) is 0.796. The Morgan fingerprint density at radius 2 is 1.93 bits per heavy atom. The number of aromatic nitrogens is 2. The SMILES string of the molecule is CC(C)c1cn2cc(C(F)F)ccc2n1. The Morgan fingerprint density at radius 3 is 2.53 bits per heavy atom. The molecule has 0 saturated heterocycles. The molecule has 2 rings (SSSR count). The molecule has 15 heavy (non-hydrogen) atoms. The summed E-state index contributed by atoms with van der Waals surface area (Å²) < 4.78 is 26.5. The number of alkyl halides is 2. The van der Waals surface area contributed by atoms with Crippen LogP contribution in [0.4, 0.5) is 8.78 Å². The van der Waals surface area contributed by atoms with Crippen LogP contribution in [0.2, 0.25) is 0 Å². The first kappa shape index (κ1) is 10.1. The molecule has 0 amide bonds. The van der Waals surface area contributed by atoms with Crippen LogP contribution in [0.3, 0.4) is 0 Å². The van der Waals surface area contributed by atoms with E-state index in [0.717, 1.165) is 5.69 Å². The van der Waals surface area contributed by atoms with E-state index in [1.54, 1.807) is 16.7 Å². The summed E-state index contributed by atoms with van der Waals surface area (Å²) in [5.74, 6) is 0.305. The second-order valence-electron chi connectivity index (χ2n) is 3.85. The second kappa shape index (κ2) is 3.61. The zero-order valence-corrected chi connectivity index (χ0v) is 8.61. The molecule has 0 aliphatic carbocycles. The molecule has 0 aliphatic heterocycles. The number of halogens is 2. The maximum atomic E-state index is 12.4. The number of imidazole rings is 1. The Morgan fingerprint density at radius 1 is 1.20 bits per heavy atom. The van der Waals surface area contributed by atoms with Gasteiger partial charge in [-0.2, -0.15) is 0 Å². The highest BCUT2D eigenvalue weighted by molar-refractivity contribution is 5.42. The van der Waals surface area contributed by atoms with Gasteiger partial charge in [0.15, 0.2) is 0 Å². The molecule has 2 nitrogen and oxygen atoms in total. The van der Waals surface area contributed by atoms with Gasteiger partial charge < -0.3 is 4.40 Å². The lowest BCUT2D eigenvalue weighted by molar-refractivity contribution is 0.151. The Bertz CT molecular complexity index is 468. The minimum Gasteiger partial charge on any atom is -0.306 e. The first-order chi connectivity index (χ1) is 7.08. The lowest BCUT2D eigenvalue weighted by atomic mass is 10.2. The third-order valence-corrected chi connectivity index (χ3v) is 2.34. The molecule has 0 atom stereocenters. The van der Waals surface area contributed by atoms with Crippen molar-refractivity contribution in [1.82, 2.24) is 9.38 Å². The van der Waals surface area contributed by atoms with Gasteiger partial charge in [-0.15, -0.1) is 0 Å². The van der Waals surface area contributed by atoms with Crippen molar-refractivity contribution in [1.29, 1.82) is 0 Å². The molecule has 0 saturated carbocycles. The van der Waals surface area contributed by atoms with Crippen molar-refractivity contribution in [3.05, 3.63) is 35.8 Å². The minimum absolute atomic E-state index is 0.0233. The third kappa shape index (κ3) is 1.84. The second-order valence-corrected chi connectivity index (χ2v) is 3.85. The fourth-order valence-corrected chi connectivity index (χ4v) is 1.44. The van der Waals surface area contributed by atoms with E-state index in [1.807, 2.05) is 13.8 Å². The van der Waals surface area contributed by atoms with Crippen LogP contribution in [0.25, 0.3) is 5.65 Å². The van der Waals surface area contributed by atoms with Gasteiger partial charge in [0.05, 0.1) is 5.69 Å². The summed E-state index contributed by atoms with van der Waals surface area (Å²) in [7, 11) is 0. The molecule has 0 aliphatic rings. The van der Waals surface area contributed by atoms with E-state index in [4.69, 9.17) is 0 Å². The average molecular weight is 210 g/mol. The minimum atomic E-state index is -2.43. The van der Waals surface area contributed by atoms with Gasteiger partial charge >= 0.3 is 0 Å². The van der Waals surface area contributed by atoms with Crippen molar-refractivity contribution in [2.45, 2.75) is 26.2 Å². The van der Waals surface area contributed by atoms with E-state index in [2.05, 4.69) is 4.98 Å². The van der Waals surface area contributed by atoms with E-state index < -0.39 is 6.43 Å². The van der Waals surface area contributed by atoms with E-state index >= 15 is 0 Å². The molecule has 2 aromatic heterocycles. The van der Waals surface area contributed by atoms with Crippen molar-refractivity contribution < 1.29 is 8.78 Å². The summed E-state index contributed by atoms with van der Waals surface area (Å²) in [5.41, 5.74) is 1.65. The molecular formula is C11H12F2N2. The van der Waals surface area contributed by atoms with E-state index in [0.29, 0.717) is 11.6 Å². The van der Waals surface area contributed by atoms with E-state index in [-0.39, 0.29) is 5.56 Å². The first-order valence-electron chi connectivity index (χ1n) is 4.84. The molecule has 0 N–H and O–H groups in total. The fraction of sp³-hybridized carbons (Fsp3) is 0.364. The molecule has 0 spiro atoms. The van der Waals surface area contributed by atoms with Crippen LogP contribution in [-0.2, 0) is 0 Å². The number of hydrogen-bond acceptors (Lipinski definition) is 1. The van der Waals surface area contributed by atoms with Gasteiger partial charge in [-0.25, -0.2) is 13.8 Å². The van der Waals surface area contributed by atoms with Gasteiger partial charge in [0, 0.05) is 18.0 Å². The summed E-state index contributed by atoms with van der Waals surface area (Å²) in [6.45, 7) is 4.05. The maximum absolute atomic E-state index is 12.4. The number of pyridine rings is 1. The normalized spacial score (nSPS) is 11.9. The summed E-state index contributed by atoms with van der Waals surface area (Å²) in [6, 6.07) is 3.03. The number of fused-ring (bicyclic) bond motifs is 1. The maximum Gasteiger partial charge on any atom is 0.265 e. The van der Waals surface area contributed by atoms with Gasteiger partial charge in [0.25, 0.3) is 6.43 Å². The zero-order chi connectivity index (χ0) is 11.0. The van der Waals surface area contributed by atoms with Crippen LogP contribution in [0, 0.1) is 0 Å². The predicted octanol–water partition coefficient (Wildman–Crippen LogP) is 3.40. The monoisotopic (exact) mass is 210 g/mol. The molecule has 4 heteroatoms. The van der Waals surface area contributed by atoms with Crippen molar-refractivity contribution in [2.24, 2.45) is 0 Å². The Kier molecular flexibility index (Phi) is 2.42. The summed E-state index contributed by atoms with van der Waals surface area (Å²) in [4.78, 5) is 4.33. The Hall–Kier alpha value is -1.45. The van der Waals surface area contributed by atoms with Crippen LogP contribution in [0.1, 0.15) is 37.4 Å². The number of hydrogen-bond donors (Lipinski definition) is 0. The smallest absolute Gasteiger partial charge is 0.265 e. The highest BCUT2D eigenvalue weighted by atomic mass is 19.3. The molecule has 0 fully saturated rings. The molecule has 0 radical (unpaired) electrons. The molecule has 80 valence electrons. The third-order valence-electron chi connectivity index (χ3n) is 2.34. The first-order valence-corrected chi connectivity index (χ1v) is 4.84. The standard InChI is InChI=1S/C11H12F2N2/c1-7(2)9-6-15-5-8(11(12)13)3-4-10(15)14-9/h3-7,11H,1-2H3. The van der Waals surface area contributed by atoms with Crippen molar-refractivity contribution in [2.75, 3.05) is 0 Å². The lowest BCUT2D eigenvalue weighted by Crippen LogP contribution is -1.89. The molecule has 0 unspecified atom stereocenters. The van der Waals surface area contributed by atoms with E-state index in [1.165, 1.54) is 12.3 Å². The Balaban J connectivity index is 2.52. The van der Waals surface area contributed by atoms with Crippen LogP contribution in [0.5, 0.6) is 0 Å². The summed E-state index contributed by atoms with van der Waals surface area (Å²) in [5, 5.41) is 0.